The van der Waals surface area contributed by atoms with Crippen molar-refractivity contribution in [2.45, 2.75) is 13.5 Å². The Morgan fingerprint density at radius 1 is 1.15 bits per heavy atom. The number of aromatic nitrogens is 3. The van der Waals surface area contributed by atoms with Gasteiger partial charge in [0.2, 0.25) is 12.7 Å². The average molecular weight is 367 g/mol. The molecule has 0 bridgehead atoms. The minimum atomic E-state index is 0.240. The minimum Gasteiger partial charge on any atom is -0.454 e. The molecule has 0 aliphatic carbocycles. The van der Waals surface area contributed by atoms with Gasteiger partial charge in [-0.3, -0.25) is 5.32 Å². The highest BCUT2D eigenvalue weighted by atomic mass is 32.1. The van der Waals surface area contributed by atoms with Crippen molar-refractivity contribution in [3.05, 3.63) is 59.9 Å². The van der Waals surface area contributed by atoms with Gasteiger partial charge in [0.1, 0.15) is 6.33 Å². The third-order valence-electron chi connectivity index (χ3n) is 3.99. The molecule has 0 radical (unpaired) electrons. The van der Waals surface area contributed by atoms with E-state index in [9.17, 15) is 0 Å². The molecule has 2 aromatic carbocycles. The molecular formula is C18H17N5O2S. The second-order valence-corrected chi connectivity index (χ2v) is 6.25. The molecule has 0 saturated carbocycles. The van der Waals surface area contributed by atoms with Gasteiger partial charge < -0.3 is 14.8 Å². The molecule has 2 N–H and O–H groups in total. The lowest BCUT2D eigenvalue weighted by atomic mass is 10.1. The lowest BCUT2D eigenvalue weighted by molar-refractivity contribution is 0.174. The summed E-state index contributed by atoms with van der Waals surface area (Å²) < 4.78 is 12.4. The standard InChI is InChI=1S/C18H17N5O2S/c1-12-4-2-3-5-13(12)9-23-10-19-17(22-23)21-18(26)20-14-6-7-15-16(8-14)25-11-24-15/h2-8,10H,9,11H2,1H3,(H2,20,21,22,26). The lowest BCUT2D eigenvalue weighted by Crippen LogP contribution is -2.20. The van der Waals surface area contributed by atoms with Crippen molar-refractivity contribution >= 4 is 29.0 Å². The van der Waals surface area contributed by atoms with Crippen molar-refractivity contribution in [2.24, 2.45) is 0 Å². The van der Waals surface area contributed by atoms with E-state index in [1.165, 1.54) is 11.1 Å². The minimum absolute atomic E-state index is 0.240. The molecule has 1 aliphatic heterocycles. The third kappa shape index (κ3) is 3.60. The van der Waals surface area contributed by atoms with Gasteiger partial charge in [-0.05, 0) is 42.4 Å². The summed E-state index contributed by atoms with van der Waals surface area (Å²) in [5, 5.41) is 10.9. The summed E-state index contributed by atoms with van der Waals surface area (Å²) in [5.41, 5.74) is 3.22. The molecule has 0 saturated heterocycles. The largest absolute Gasteiger partial charge is 0.454 e. The average Bonchev–Trinajstić information content (AvgIpc) is 3.25. The van der Waals surface area contributed by atoms with Crippen LogP contribution >= 0.6 is 12.2 Å². The summed E-state index contributed by atoms with van der Waals surface area (Å²) >= 11 is 5.32. The Morgan fingerprint density at radius 3 is 2.88 bits per heavy atom. The van der Waals surface area contributed by atoms with Crippen molar-refractivity contribution < 1.29 is 9.47 Å². The molecule has 132 valence electrons. The zero-order chi connectivity index (χ0) is 17.9. The molecule has 0 spiro atoms. The summed E-state index contributed by atoms with van der Waals surface area (Å²) in [4.78, 5) is 4.25. The molecule has 0 atom stereocenters. The fourth-order valence-corrected chi connectivity index (χ4v) is 2.84. The summed E-state index contributed by atoms with van der Waals surface area (Å²) in [5.74, 6) is 1.86. The number of nitrogens with one attached hydrogen (secondary N) is 2. The first kappa shape index (κ1) is 16.3. The van der Waals surface area contributed by atoms with Crippen LogP contribution in [0.3, 0.4) is 0 Å². The van der Waals surface area contributed by atoms with Crippen molar-refractivity contribution in [1.82, 2.24) is 14.8 Å². The van der Waals surface area contributed by atoms with E-state index >= 15 is 0 Å². The molecule has 0 amide bonds. The van der Waals surface area contributed by atoms with E-state index in [2.05, 4.69) is 39.8 Å². The predicted octanol–water partition coefficient (Wildman–Crippen LogP) is 3.17. The van der Waals surface area contributed by atoms with Crippen LogP contribution in [0.5, 0.6) is 11.5 Å². The summed E-state index contributed by atoms with van der Waals surface area (Å²) in [7, 11) is 0. The Balaban J connectivity index is 1.38. The van der Waals surface area contributed by atoms with Crippen LogP contribution < -0.4 is 20.1 Å². The van der Waals surface area contributed by atoms with Gasteiger partial charge in [0, 0.05) is 11.8 Å². The van der Waals surface area contributed by atoms with Gasteiger partial charge in [-0.25, -0.2) is 9.67 Å². The van der Waals surface area contributed by atoms with E-state index in [0.29, 0.717) is 23.4 Å². The number of nitrogens with zero attached hydrogens (tertiary/aromatic N) is 3. The van der Waals surface area contributed by atoms with Gasteiger partial charge in [0.25, 0.3) is 0 Å². The summed E-state index contributed by atoms with van der Waals surface area (Å²) in [6.45, 7) is 2.98. The number of rotatable bonds is 4. The molecule has 0 unspecified atom stereocenters. The van der Waals surface area contributed by atoms with Crippen LogP contribution in [-0.2, 0) is 6.54 Å². The molecule has 2 heterocycles. The van der Waals surface area contributed by atoms with Crippen LogP contribution in [-0.4, -0.2) is 26.7 Å². The van der Waals surface area contributed by atoms with Gasteiger partial charge in [-0.1, -0.05) is 24.3 Å². The number of aryl methyl sites for hydroxylation is 1. The maximum Gasteiger partial charge on any atom is 0.248 e. The molecule has 0 fully saturated rings. The molecule has 3 aromatic rings. The molecule has 1 aliphatic rings. The van der Waals surface area contributed by atoms with Gasteiger partial charge in [0.15, 0.2) is 16.6 Å². The molecule has 4 rings (SSSR count). The summed E-state index contributed by atoms with van der Waals surface area (Å²) in [6, 6.07) is 13.7. The Labute approximate surface area is 156 Å². The van der Waals surface area contributed by atoms with E-state index in [0.717, 1.165) is 11.4 Å². The van der Waals surface area contributed by atoms with Gasteiger partial charge in [-0.15, -0.1) is 5.10 Å². The number of hydrogen-bond acceptors (Lipinski definition) is 5. The quantitative estimate of drug-likeness (QED) is 0.686. The number of fused-ring (bicyclic) bond motifs is 1. The Kier molecular flexibility index (Phi) is 4.40. The second kappa shape index (κ2) is 7.01. The molecule has 7 nitrogen and oxygen atoms in total. The maximum absolute atomic E-state index is 5.35. The van der Waals surface area contributed by atoms with Gasteiger partial charge in [-0.2, -0.15) is 0 Å². The first-order valence-electron chi connectivity index (χ1n) is 8.09. The predicted molar refractivity (Wildman–Crippen MR) is 103 cm³/mol. The maximum atomic E-state index is 5.35. The van der Waals surface area contributed by atoms with Crippen molar-refractivity contribution in [3.8, 4) is 11.5 Å². The van der Waals surface area contributed by atoms with Crippen molar-refractivity contribution in [1.29, 1.82) is 0 Å². The topological polar surface area (TPSA) is 73.2 Å². The van der Waals surface area contributed by atoms with Crippen LogP contribution in [0.25, 0.3) is 0 Å². The molecular weight excluding hydrogens is 350 g/mol. The van der Waals surface area contributed by atoms with E-state index < -0.39 is 0 Å². The van der Waals surface area contributed by atoms with Crippen molar-refractivity contribution in [3.63, 3.8) is 0 Å². The van der Waals surface area contributed by atoms with Gasteiger partial charge >= 0.3 is 0 Å². The summed E-state index contributed by atoms with van der Waals surface area (Å²) in [6.07, 6.45) is 1.68. The normalized spacial score (nSPS) is 12.0. The molecule has 1 aromatic heterocycles. The fraction of sp³-hybridized carbons (Fsp3) is 0.167. The van der Waals surface area contributed by atoms with Crippen molar-refractivity contribution in [2.75, 3.05) is 17.4 Å². The van der Waals surface area contributed by atoms with E-state index in [1.54, 1.807) is 11.0 Å². The lowest BCUT2D eigenvalue weighted by Gasteiger charge is -2.08. The smallest absolute Gasteiger partial charge is 0.248 e. The fourth-order valence-electron chi connectivity index (χ4n) is 2.63. The van der Waals surface area contributed by atoms with Gasteiger partial charge in [0.05, 0.1) is 6.54 Å². The number of benzene rings is 2. The third-order valence-corrected chi connectivity index (χ3v) is 4.19. The van der Waals surface area contributed by atoms with Crippen LogP contribution in [0.15, 0.2) is 48.8 Å². The molecule has 26 heavy (non-hydrogen) atoms. The zero-order valence-electron chi connectivity index (χ0n) is 14.1. The zero-order valence-corrected chi connectivity index (χ0v) is 14.9. The first-order valence-corrected chi connectivity index (χ1v) is 8.50. The first-order chi connectivity index (χ1) is 12.7. The highest BCUT2D eigenvalue weighted by Gasteiger charge is 2.13. The number of hydrogen-bond donors (Lipinski definition) is 2. The Hall–Kier alpha value is -3.13. The number of anilines is 2. The SMILES string of the molecule is Cc1ccccc1Cn1cnc(NC(=S)Nc2ccc3c(c2)OCO3)n1. The van der Waals surface area contributed by atoms with Crippen LogP contribution in [0.4, 0.5) is 11.6 Å². The Bertz CT molecular complexity index is 956. The number of thiocarbonyl (C=S) groups is 1. The molecule has 8 heteroatoms. The van der Waals surface area contributed by atoms with E-state index in [-0.39, 0.29) is 6.79 Å². The van der Waals surface area contributed by atoms with E-state index in [4.69, 9.17) is 21.7 Å². The second-order valence-electron chi connectivity index (χ2n) is 5.84. The monoisotopic (exact) mass is 367 g/mol. The van der Waals surface area contributed by atoms with Crippen LogP contribution in [0, 0.1) is 6.92 Å². The van der Waals surface area contributed by atoms with Crippen LogP contribution in [0.1, 0.15) is 11.1 Å². The number of ether oxygens (including phenoxy) is 2. The Morgan fingerprint density at radius 2 is 2.00 bits per heavy atom. The highest BCUT2D eigenvalue weighted by Crippen LogP contribution is 2.34. The van der Waals surface area contributed by atoms with Crippen LogP contribution in [0.2, 0.25) is 0 Å². The van der Waals surface area contributed by atoms with E-state index in [1.807, 2.05) is 30.3 Å². The highest BCUT2D eigenvalue weighted by molar-refractivity contribution is 7.80.